The SMILES string of the molecule is Cc1cccc(Nc2nc(N=C3C=CCC(C)C3)nc(Nc3ccccc3C(F)(F)F)n2)c1. The van der Waals surface area contributed by atoms with Crippen LogP contribution in [0.15, 0.2) is 65.7 Å². The van der Waals surface area contributed by atoms with Gasteiger partial charge in [-0.1, -0.05) is 37.3 Å². The molecule has 0 saturated heterocycles. The van der Waals surface area contributed by atoms with E-state index in [1.165, 1.54) is 18.2 Å². The third-order valence-electron chi connectivity index (χ3n) is 5.03. The van der Waals surface area contributed by atoms with Gasteiger partial charge in [-0.05, 0) is 61.6 Å². The van der Waals surface area contributed by atoms with Crippen LogP contribution in [-0.4, -0.2) is 20.7 Å². The van der Waals surface area contributed by atoms with Gasteiger partial charge < -0.3 is 10.6 Å². The van der Waals surface area contributed by atoms with Gasteiger partial charge in [0.15, 0.2) is 0 Å². The summed E-state index contributed by atoms with van der Waals surface area (Å²) in [7, 11) is 0. The number of allylic oxidation sites excluding steroid dienone is 2. The lowest BCUT2D eigenvalue weighted by atomic mass is 9.95. The summed E-state index contributed by atoms with van der Waals surface area (Å²) in [4.78, 5) is 17.5. The van der Waals surface area contributed by atoms with Gasteiger partial charge in [-0.2, -0.15) is 28.1 Å². The highest BCUT2D eigenvalue weighted by atomic mass is 19.4. The van der Waals surface area contributed by atoms with Gasteiger partial charge >= 0.3 is 6.18 Å². The Morgan fingerprint density at radius 3 is 2.45 bits per heavy atom. The van der Waals surface area contributed by atoms with E-state index in [1.807, 2.05) is 43.3 Å². The highest BCUT2D eigenvalue weighted by Gasteiger charge is 2.33. The van der Waals surface area contributed by atoms with Crippen LogP contribution in [0.2, 0.25) is 0 Å². The van der Waals surface area contributed by atoms with Gasteiger partial charge in [0.1, 0.15) is 0 Å². The lowest BCUT2D eigenvalue weighted by Crippen LogP contribution is -2.11. The summed E-state index contributed by atoms with van der Waals surface area (Å²) in [5.41, 5.74) is 1.63. The Morgan fingerprint density at radius 2 is 1.73 bits per heavy atom. The highest BCUT2D eigenvalue weighted by molar-refractivity contribution is 5.97. The van der Waals surface area contributed by atoms with Crippen LogP contribution in [0.1, 0.15) is 30.9 Å². The zero-order valence-corrected chi connectivity index (χ0v) is 18.2. The van der Waals surface area contributed by atoms with E-state index in [0.29, 0.717) is 5.92 Å². The van der Waals surface area contributed by atoms with Crippen molar-refractivity contribution in [2.24, 2.45) is 10.9 Å². The molecule has 0 fully saturated rings. The van der Waals surface area contributed by atoms with E-state index < -0.39 is 11.7 Å². The average molecular weight is 452 g/mol. The van der Waals surface area contributed by atoms with Crippen molar-refractivity contribution in [2.45, 2.75) is 32.9 Å². The van der Waals surface area contributed by atoms with Crippen LogP contribution in [-0.2, 0) is 6.18 Å². The number of aryl methyl sites for hydroxylation is 1. The second kappa shape index (κ2) is 9.40. The fourth-order valence-electron chi connectivity index (χ4n) is 3.49. The molecule has 1 aliphatic carbocycles. The zero-order valence-electron chi connectivity index (χ0n) is 18.2. The second-order valence-electron chi connectivity index (χ2n) is 8.00. The Morgan fingerprint density at radius 1 is 0.970 bits per heavy atom. The predicted octanol–water partition coefficient (Wildman–Crippen LogP) is 6.74. The Labute approximate surface area is 189 Å². The Balaban J connectivity index is 1.72. The monoisotopic (exact) mass is 452 g/mol. The van der Waals surface area contributed by atoms with E-state index in [4.69, 9.17) is 0 Å². The maximum Gasteiger partial charge on any atom is 0.418 e. The summed E-state index contributed by atoms with van der Waals surface area (Å²) in [6.45, 7) is 4.08. The van der Waals surface area contributed by atoms with E-state index in [1.54, 1.807) is 0 Å². The quantitative estimate of drug-likeness (QED) is 0.448. The maximum absolute atomic E-state index is 13.4. The molecule has 0 saturated carbocycles. The molecule has 1 atom stereocenters. The molecule has 0 spiro atoms. The number of hydrogen-bond acceptors (Lipinski definition) is 6. The normalized spacial score (nSPS) is 17.2. The summed E-state index contributed by atoms with van der Waals surface area (Å²) < 4.78 is 40.3. The van der Waals surface area contributed by atoms with Crippen molar-refractivity contribution in [3.05, 3.63) is 71.8 Å². The average Bonchev–Trinajstić information content (AvgIpc) is 2.73. The van der Waals surface area contributed by atoms with E-state index >= 15 is 0 Å². The van der Waals surface area contributed by atoms with Gasteiger partial charge in [0.2, 0.25) is 11.9 Å². The molecule has 1 aromatic heterocycles. The molecule has 33 heavy (non-hydrogen) atoms. The van der Waals surface area contributed by atoms with E-state index in [0.717, 1.165) is 35.9 Å². The van der Waals surface area contributed by atoms with Crippen LogP contribution in [0.25, 0.3) is 0 Å². The second-order valence-corrected chi connectivity index (χ2v) is 8.00. The first kappa shape index (κ1) is 22.4. The summed E-state index contributed by atoms with van der Waals surface area (Å²) in [6.07, 6.45) is 1.17. The molecular formula is C24H23F3N6. The third-order valence-corrected chi connectivity index (χ3v) is 5.03. The minimum atomic E-state index is -4.52. The molecule has 2 aromatic carbocycles. The van der Waals surface area contributed by atoms with Gasteiger partial charge in [0.25, 0.3) is 5.95 Å². The topological polar surface area (TPSA) is 75.1 Å². The number of halogens is 3. The summed E-state index contributed by atoms with van der Waals surface area (Å²) in [5, 5.41) is 5.78. The molecule has 0 aliphatic heterocycles. The van der Waals surface area contributed by atoms with Crippen molar-refractivity contribution in [3.63, 3.8) is 0 Å². The van der Waals surface area contributed by atoms with E-state index in [2.05, 4.69) is 37.5 Å². The first-order valence-electron chi connectivity index (χ1n) is 10.5. The third kappa shape index (κ3) is 5.94. The van der Waals surface area contributed by atoms with Crippen molar-refractivity contribution in [3.8, 4) is 0 Å². The fourth-order valence-corrected chi connectivity index (χ4v) is 3.49. The van der Waals surface area contributed by atoms with Gasteiger partial charge in [0.05, 0.1) is 11.3 Å². The molecule has 0 radical (unpaired) electrons. The molecule has 1 aliphatic rings. The number of aromatic nitrogens is 3. The zero-order chi connectivity index (χ0) is 23.4. The number of hydrogen-bond donors (Lipinski definition) is 2. The van der Waals surface area contributed by atoms with Gasteiger partial charge in [-0.15, -0.1) is 0 Å². The van der Waals surface area contributed by atoms with Crippen LogP contribution >= 0.6 is 0 Å². The molecule has 2 N–H and O–H groups in total. The molecule has 3 aromatic rings. The van der Waals surface area contributed by atoms with Crippen LogP contribution in [0, 0.1) is 12.8 Å². The lowest BCUT2D eigenvalue weighted by molar-refractivity contribution is -0.136. The van der Waals surface area contributed by atoms with Gasteiger partial charge in [-0.3, -0.25) is 0 Å². The molecule has 9 heteroatoms. The maximum atomic E-state index is 13.4. The van der Waals surface area contributed by atoms with Gasteiger partial charge in [-0.25, -0.2) is 4.99 Å². The van der Waals surface area contributed by atoms with Crippen molar-refractivity contribution in [1.82, 2.24) is 15.0 Å². The molecule has 1 unspecified atom stereocenters. The minimum absolute atomic E-state index is 0.0379. The number of nitrogens with one attached hydrogen (secondary N) is 2. The van der Waals surface area contributed by atoms with Crippen LogP contribution in [0.5, 0.6) is 0 Å². The van der Waals surface area contributed by atoms with E-state index in [-0.39, 0.29) is 23.5 Å². The van der Waals surface area contributed by atoms with Crippen molar-refractivity contribution in [2.75, 3.05) is 10.6 Å². The highest BCUT2D eigenvalue weighted by Crippen LogP contribution is 2.35. The number of anilines is 4. The number of nitrogens with zero attached hydrogens (tertiary/aromatic N) is 4. The van der Waals surface area contributed by atoms with Crippen LogP contribution < -0.4 is 10.6 Å². The smallest absolute Gasteiger partial charge is 0.324 e. The van der Waals surface area contributed by atoms with Crippen molar-refractivity contribution < 1.29 is 13.2 Å². The number of aliphatic imine (C=N–C) groups is 1. The van der Waals surface area contributed by atoms with Crippen LogP contribution in [0.4, 0.5) is 42.4 Å². The first-order chi connectivity index (χ1) is 15.8. The lowest BCUT2D eigenvalue weighted by Gasteiger charge is -2.15. The molecule has 170 valence electrons. The Kier molecular flexibility index (Phi) is 6.39. The number of benzene rings is 2. The van der Waals surface area contributed by atoms with Crippen molar-refractivity contribution >= 4 is 34.9 Å². The molecule has 0 bridgehead atoms. The summed E-state index contributed by atoms with van der Waals surface area (Å²) in [5.74, 6) is 0.691. The van der Waals surface area contributed by atoms with Crippen molar-refractivity contribution in [1.29, 1.82) is 0 Å². The van der Waals surface area contributed by atoms with Crippen LogP contribution in [0.3, 0.4) is 0 Å². The first-order valence-corrected chi connectivity index (χ1v) is 10.5. The summed E-state index contributed by atoms with van der Waals surface area (Å²) in [6, 6.07) is 12.8. The minimum Gasteiger partial charge on any atom is -0.324 e. The standard InChI is InChI=1S/C24H23F3N6/c1-15-7-5-9-17(13-15)28-21-31-22(29-18-10-6-8-16(2)14-18)33-23(32-21)30-20-12-4-3-11-19(20)24(25,26)27/h3-7,9-13,16H,8,14H2,1-2H3,(H2,28,30,31,32,33). The predicted molar refractivity (Wildman–Crippen MR) is 124 cm³/mol. The molecule has 0 amide bonds. The fraction of sp³-hybridized carbons (Fsp3) is 0.250. The number of rotatable bonds is 5. The van der Waals surface area contributed by atoms with E-state index in [9.17, 15) is 13.2 Å². The Bertz CT molecular complexity index is 1200. The molecule has 1 heterocycles. The number of para-hydroxylation sites is 1. The largest absolute Gasteiger partial charge is 0.418 e. The van der Waals surface area contributed by atoms with Gasteiger partial charge in [0, 0.05) is 11.4 Å². The summed E-state index contributed by atoms with van der Waals surface area (Å²) >= 11 is 0. The molecular weight excluding hydrogens is 429 g/mol. The molecule has 6 nitrogen and oxygen atoms in total. The number of alkyl halides is 3. The Hall–Kier alpha value is -3.75. The molecule has 4 rings (SSSR count).